The third kappa shape index (κ3) is 3.93. The molecule has 3 aromatic rings. The number of benzene rings is 2. The highest BCUT2D eigenvalue weighted by Gasteiger charge is 2.25. The maximum Gasteiger partial charge on any atom is 0.127 e. The molecule has 27 heavy (non-hydrogen) atoms. The lowest BCUT2D eigenvalue weighted by Gasteiger charge is -2.32. The van der Waals surface area contributed by atoms with E-state index in [-0.39, 0.29) is 5.82 Å². The molecule has 1 saturated heterocycles. The lowest BCUT2D eigenvalue weighted by atomic mass is 9.90. The number of aromatic nitrogens is 2. The Morgan fingerprint density at radius 3 is 2.93 bits per heavy atom. The van der Waals surface area contributed by atoms with Gasteiger partial charge in [-0.15, -0.1) is 0 Å². The first-order chi connectivity index (χ1) is 13.1. The van der Waals surface area contributed by atoms with Crippen LogP contribution in [0.5, 0.6) is 0 Å². The second kappa shape index (κ2) is 7.61. The average Bonchev–Trinajstić information content (AvgIpc) is 3.15. The molecule has 1 aromatic heterocycles. The number of aromatic amines is 1. The summed E-state index contributed by atoms with van der Waals surface area (Å²) in [6.45, 7) is 4.20. The Morgan fingerprint density at radius 2 is 2.07 bits per heavy atom. The standard InChI is InChI=1S/C22H23F2N3/c1-15-4-2-5-16(10-15)20-12-25-26-22(20)17-6-3-9-27(13-17)14-18-11-19(23)7-8-21(18)24/h2,4-5,7-8,10-12,17H,3,6,9,13-14H2,1H3,(H,25,26). The monoisotopic (exact) mass is 367 g/mol. The quantitative estimate of drug-likeness (QED) is 0.700. The van der Waals surface area contributed by atoms with E-state index in [4.69, 9.17) is 0 Å². The molecular formula is C22H23F2N3. The van der Waals surface area contributed by atoms with Gasteiger partial charge in [0.2, 0.25) is 0 Å². The third-order valence-corrected chi connectivity index (χ3v) is 5.31. The maximum absolute atomic E-state index is 14.0. The van der Waals surface area contributed by atoms with E-state index in [1.807, 2.05) is 6.20 Å². The molecule has 2 heterocycles. The van der Waals surface area contributed by atoms with Crippen LogP contribution in [0.2, 0.25) is 0 Å². The lowest BCUT2D eigenvalue weighted by molar-refractivity contribution is 0.196. The Balaban J connectivity index is 1.54. The summed E-state index contributed by atoms with van der Waals surface area (Å²) < 4.78 is 27.5. The molecule has 1 atom stereocenters. The SMILES string of the molecule is Cc1cccc(-c2cn[nH]c2C2CCCN(Cc3cc(F)ccc3F)C2)c1. The van der Waals surface area contributed by atoms with Crippen molar-refractivity contribution in [3.8, 4) is 11.1 Å². The molecule has 4 rings (SSSR count). The predicted octanol–water partition coefficient (Wildman–Crippen LogP) is 5.04. The van der Waals surface area contributed by atoms with Crippen molar-refractivity contribution in [1.29, 1.82) is 0 Å². The highest BCUT2D eigenvalue weighted by molar-refractivity contribution is 5.66. The van der Waals surface area contributed by atoms with Crippen LogP contribution in [0.3, 0.4) is 0 Å². The molecule has 0 amide bonds. The van der Waals surface area contributed by atoms with Crippen LogP contribution < -0.4 is 0 Å². The van der Waals surface area contributed by atoms with E-state index in [1.54, 1.807) is 0 Å². The molecule has 0 saturated carbocycles. The number of piperidine rings is 1. The number of likely N-dealkylation sites (tertiary alicyclic amines) is 1. The third-order valence-electron chi connectivity index (χ3n) is 5.31. The van der Waals surface area contributed by atoms with Gasteiger partial charge in [-0.3, -0.25) is 10.00 Å². The molecule has 3 nitrogen and oxygen atoms in total. The van der Waals surface area contributed by atoms with Crippen LogP contribution in [0.25, 0.3) is 11.1 Å². The molecule has 1 aliphatic rings. The number of nitrogens with zero attached hydrogens (tertiary/aromatic N) is 2. The fourth-order valence-corrected chi connectivity index (χ4v) is 3.99. The van der Waals surface area contributed by atoms with Crippen molar-refractivity contribution in [2.45, 2.75) is 32.2 Å². The second-order valence-corrected chi connectivity index (χ2v) is 7.38. The van der Waals surface area contributed by atoms with E-state index < -0.39 is 5.82 Å². The van der Waals surface area contributed by atoms with E-state index in [0.717, 1.165) is 48.8 Å². The predicted molar refractivity (Wildman–Crippen MR) is 102 cm³/mol. The van der Waals surface area contributed by atoms with Gasteiger partial charge in [0.25, 0.3) is 0 Å². The maximum atomic E-state index is 14.0. The smallest absolute Gasteiger partial charge is 0.127 e. The van der Waals surface area contributed by atoms with Crippen molar-refractivity contribution in [3.63, 3.8) is 0 Å². The number of halogens is 2. The fourth-order valence-electron chi connectivity index (χ4n) is 3.99. The highest BCUT2D eigenvalue weighted by Crippen LogP contribution is 2.33. The number of rotatable bonds is 4. The summed E-state index contributed by atoms with van der Waals surface area (Å²) in [5.74, 6) is -0.441. The molecule has 1 fully saturated rings. The number of hydrogen-bond acceptors (Lipinski definition) is 2. The first kappa shape index (κ1) is 17.9. The summed E-state index contributed by atoms with van der Waals surface area (Å²) in [6, 6.07) is 12.1. The number of hydrogen-bond donors (Lipinski definition) is 1. The summed E-state index contributed by atoms with van der Waals surface area (Å²) in [5.41, 5.74) is 5.05. The van der Waals surface area contributed by atoms with E-state index in [2.05, 4.69) is 46.3 Å². The molecule has 5 heteroatoms. The van der Waals surface area contributed by atoms with Crippen LogP contribution in [0.4, 0.5) is 8.78 Å². The van der Waals surface area contributed by atoms with E-state index in [0.29, 0.717) is 18.0 Å². The highest BCUT2D eigenvalue weighted by atomic mass is 19.1. The van der Waals surface area contributed by atoms with Gasteiger partial charge in [0.1, 0.15) is 11.6 Å². The topological polar surface area (TPSA) is 31.9 Å². The Bertz CT molecular complexity index is 935. The minimum atomic E-state index is -0.393. The van der Waals surface area contributed by atoms with Crippen molar-refractivity contribution in [3.05, 3.63) is 77.1 Å². The van der Waals surface area contributed by atoms with Crippen LogP contribution in [0.1, 0.15) is 35.6 Å². The van der Waals surface area contributed by atoms with E-state index in [1.165, 1.54) is 17.7 Å². The molecule has 1 N–H and O–H groups in total. The Kier molecular flexibility index (Phi) is 5.03. The van der Waals surface area contributed by atoms with Crippen molar-refractivity contribution in [2.24, 2.45) is 0 Å². The van der Waals surface area contributed by atoms with Gasteiger partial charge < -0.3 is 0 Å². The number of H-pyrrole nitrogens is 1. The zero-order valence-electron chi connectivity index (χ0n) is 15.4. The number of aryl methyl sites for hydroxylation is 1. The zero-order chi connectivity index (χ0) is 18.8. The molecule has 2 aromatic carbocycles. The minimum absolute atomic E-state index is 0.299. The van der Waals surface area contributed by atoms with Gasteiger partial charge in [-0.05, 0) is 50.1 Å². The molecule has 1 aliphatic heterocycles. The van der Waals surface area contributed by atoms with Crippen LogP contribution in [0, 0.1) is 18.6 Å². The van der Waals surface area contributed by atoms with Gasteiger partial charge >= 0.3 is 0 Å². The molecule has 0 radical (unpaired) electrons. The van der Waals surface area contributed by atoms with Crippen LogP contribution >= 0.6 is 0 Å². The minimum Gasteiger partial charge on any atom is -0.298 e. The van der Waals surface area contributed by atoms with E-state index >= 15 is 0 Å². The van der Waals surface area contributed by atoms with Crippen molar-refractivity contribution < 1.29 is 8.78 Å². The van der Waals surface area contributed by atoms with E-state index in [9.17, 15) is 8.78 Å². The zero-order valence-corrected chi connectivity index (χ0v) is 15.4. The summed E-state index contributed by atoms with van der Waals surface area (Å²) >= 11 is 0. The Hall–Kier alpha value is -2.53. The Labute approximate surface area is 158 Å². The van der Waals surface area contributed by atoms with Crippen LogP contribution in [-0.2, 0) is 6.54 Å². The van der Waals surface area contributed by atoms with Crippen molar-refractivity contribution in [1.82, 2.24) is 15.1 Å². The summed E-state index contributed by atoms with van der Waals surface area (Å²) in [4.78, 5) is 2.20. The molecular weight excluding hydrogens is 344 g/mol. The van der Waals surface area contributed by atoms with Gasteiger partial charge in [0, 0.05) is 35.8 Å². The van der Waals surface area contributed by atoms with Crippen LogP contribution in [-0.4, -0.2) is 28.2 Å². The van der Waals surface area contributed by atoms with Crippen molar-refractivity contribution >= 4 is 0 Å². The second-order valence-electron chi connectivity index (χ2n) is 7.38. The van der Waals surface area contributed by atoms with Gasteiger partial charge in [-0.2, -0.15) is 5.10 Å². The Morgan fingerprint density at radius 1 is 1.19 bits per heavy atom. The normalized spacial score (nSPS) is 18.0. The molecule has 1 unspecified atom stereocenters. The van der Waals surface area contributed by atoms with Gasteiger partial charge in [-0.25, -0.2) is 8.78 Å². The van der Waals surface area contributed by atoms with Gasteiger partial charge in [0.15, 0.2) is 0 Å². The molecule has 0 spiro atoms. The molecule has 140 valence electrons. The van der Waals surface area contributed by atoms with Gasteiger partial charge in [0.05, 0.1) is 6.20 Å². The fraction of sp³-hybridized carbons (Fsp3) is 0.318. The van der Waals surface area contributed by atoms with Crippen molar-refractivity contribution in [2.75, 3.05) is 13.1 Å². The summed E-state index contributed by atoms with van der Waals surface area (Å²) in [5, 5.41) is 7.47. The first-order valence-electron chi connectivity index (χ1n) is 9.37. The van der Waals surface area contributed by atoms with Gasteiger partial charge in [-0.1, -0.05) is 29.8 Å². The molecule has 0 aliphatic carbocycles. The summed E-state index contributed by atoms with van der Waals surface area (Å²) in [6.07, 6.45) is 3.96. The number of nitrogens with one attached hydrogen (secondary N) is 1. The summed E-state index contributed by atoms with van der Waals surface area (Å²) in [7, 11) is 0. The molecule has 0 bridgehead atoms. The first-order valence-corrected chi connectivity index (χ1v) is 9.37. The van der Waals surface area contributed by atoms with Crippen LogP contribution in [0.15, 0.2) is 48.7 Å². The average molecular weight is 367 g/mol. The lowest BCUT2D eigenvalue weighted by Crippen LogP contribution is -2.34. The largest absolute Gasteiger partial charge is 0.298 e.